The molecule has 0 radical (unpaired) electrons. The standard InChI is InChI=1S/C10H21NO3/c1-3-12-6-8(2)14-10-7-13-5-4-9(10)11/h8-10H,3-7,11H2,1-2H3. The van der Waals surface area contributed by atoms with Crippen LogP contribution in [0.25, 0.3) is 0 Å². The summed E-state index contributed by atoms with van der Waals surface area (Å²) in [6, 6.07) is 0.104. The Labute approximate surface area is 85.7 Å². The molecule has 0 aliphatic carbocycles. The first-order valence-corrected chi connectivity index (χ1v) is 5.30. The van der Waals surface area contributed by atoms with Crippen LogP contribution in [0.1, 0.15) is 20.3 Å². The summed E-state index contributed by atoms with van der Waals surface area (Å²) in [5.41, 5.74) is 5.91. The zero-order chi connectivity index (χ0) is 10.4. The third-order valence-electron chi connectivity index (χ3n) is 2.32. The van der Waals surface area contributed by atoms with Crippen molar-refractivity contribution < 1.29 is 14.2 Å². The highest BCUT2D eigenvalue weighted by Gasteiger charge is 2.24. The van der Waals surface area contributed by atoms with Gasteiger partial charge in [-0.3, -0.25) is 0 Å². The topological polar surface area (TPSA) is 53.7 Å². The van der Waals surface area contributed by atoms with Gasteiger partial charge in [0.2, 0.25) is 0 Å². The summed E-state index contributed by atoms with van der Waals surface area (Å²) in [5.74, 6) is 0. The summed E-state index contributed by atoms with van der Waals surface area (Å²) < 4.78 is 16.3. The Morgan fingerprint density at radius 1 is 1.57 bits per heavy atom. The van der Waals surface area contributed by atoms with Gasteiger partial charge in [-0.1, -0.05) is 0 Å². The normalized spacial score (nSPS) is 30.2. The Balaban J connectivity index is 2.20. The zero-order valence-electron chi connectivity index (χ0n) is 9.07. The summed E-state index contributed by atoms with van der Waals surface area (Å²) in [6.07, 6.45) is 0.998. The lowest BCUT2D eigenvalue weighted by Crippen LogP contribution is -2.46. The molecule has 0 amide bonds. The molecule has 1 saturated heterocycles. The van der Waals surface area contributed by atoms with Crippen LogP contribution >= 0.6 is 0 Å². The molecule has 3 atom stereocenters. The van der Waals surface area contributed by atoms with Crippen molar-refractivity contribution in [1.29, 1.82) is 0 Å². The molecule has 3 unspecified atom stereocenters. The van der Waals surface area contributed by atoms with Crippen molar-refractivity contribution in [2.45, 2.75) is 38.5 Å². The second-order valence-electron chi connectivity index (χ2n) is 3.67. The van der Waals surface area contributed by atoms with Gasteiger partial charge in [-0.05, 0) is 20.3 Å². The van der Waals surface area contributed by atoms with Crippen LogP contribution in [0.4, 0.5) is 0 Å². The molecule has 1 aliphatic rings. The molecule has 0 spiro atoms. The molecular weight excluding hydrogens is 182 g/mol. The van der Waals surface area contributed by atoms with Crippen LogP contribution in [0, 0.1) is 0 Å². The largest absolute Gasteiger partial charge is 0.379 e. The third kappa shape index (κ3) is 3.92. The molecule has 84 valence electrons. The maximum atomic E-state index is 5.91. The van der Waals surface area contributed by atoms with Gasteiger partial charge in [0.25, 0.3) is 0 Å². The van der Waals surface area contributed by atoms with Crippen LogP contribution in [-0.4, -0.2) is 44.7 Å². The fourth-order valence-corrected chi connectivity index (χ4v) is 1.49. The number of ether oxygens (including phenoxy) is 3. The predicted octanol–water partition coefficient (Wildman–Crippen LogP) is 0.544. The highest BCUT2D eigenvalue weighted by Crippen LogP contribution is 2.11. The Hall–Kier alpha value is -0.160. The highest BCUT2D eigenvalue weighted by molar-refractivity contribution is 4.77. The first kappa shape index (κ1) is 11.9. The van der Waals surface area contributed by atoms with Crippen molar-refractivity contribution in [3.05, 3.63) is 0 Å². The minimum absolute atomic E-state index is 0.0270. The fraction of sp³-hybridized carbons (Fsp3) is 1.00. The smallest absolute Gasteiger partial charge is 0.0964 e. The highest BCUT2D eigenvalue weighted by atomic mass is 16.6. The van der Waals surface area contributed by atoms with Gasteiger partial charge in [0.1, 0.15) is 0 Å². The molecule has 14 heavy (non-hydrogen) atoms. The lowest BCUT2D eigenvalue weighted by Gasteiger charge is -2.30. The van der Waals surface area contributed by atoms with Crippen LogP contribution in [0.3, 0.4) is 0 Å². The maximum absolute atomic E-state index is 5.91. The maximum Gasteiger partial charge on any atom is 0.0964 e. The van der Waals surface area contributed by atoms with Crippen LogP contribution in [0.5, 0.6) is 0 Å². The molecule has 4 heteroatoms. The van der Waals surface area contributed by atoms with E-state index in [2.05, 4.69) is 0 Å². The van der Waals surface area contributed by atoms with Gasteiger partial charge in [0.15, 0.2) is 0 Å². The quantitative estimate of drug-likeness (QED) is 0.708. The zero-order valence-corrected chi connectivity index (χ0v) is 9.07. The number of hydrogen-bond acceptors (Lipinski definition) is 4. The van der Waals surface area contributed by atoms with E-state index in [0.29, 0.717) is 13.2 Å². The molecule has 0 aromatic carbocycles. The molecule has 1 fully saturated rings. The van der Waals surface area contributed by atoms with Crippen molar-refractivity contribution >= 4 is 0 Å². The fourth-order valence-electron chi connectivity index (χ4n) is 1.49. The third-order valence-corrected chi connectivity index (χ3v) is 2.32. The van der Waals surface area contributed by atoms with Crippen LogP contribution in [0.2, 0.25) is 0 Å². The predicted molar refractivity (Wildman–Crippen MR) is 54.2 cm³/mol. The Morgan fingerprint density at radius 2 is 2.36 bits per heavy atom. The lowest BCUT2D eigenvalue weighted by atomic mass is 10.1. The Morgan fingerprint density at radius 3 is 3.00 bits per heavy atom. The molecule has 0 saturated carbocycles. The van der Waals surface area contributed by atoms with Crippen molar-refractivity contribution in [3.8, 4) is 0 Å². The van der Waals surface area contributed by atoms with E-state index in [9.17, 15) is 0 Å². The first-order valence-electron chi connectivity index (χ1n) is 5.30. The molecule has 0 bridgehead atoms. The van der Waals surface area contributed by atoms with Gasteiger partial charge >= 0.3 is 0 Å². The molecular formula is C10H21NO3. The van der Waals surface area contributed by atoms with Crippen LogP contribution in [-0.2, 0) is 14.2 Å². The summed E-state index contributed by atoms with van der Waals surface area (Å²) in [5, 5.41) is 0. The molecule has 0 aromatic heterocycles. The van der Waals surface area contributed by atoms with E-state index >= 15 is 0 Å². The molecule has 4 nitrogen and oxygen atoms in total. The summed E-state index contributed by atoms with van der Waals surface area (Å²) in [4.78, 5) is 0. The van der Waals surface area contributed by atoms with E-state index in [0.717, 1.165) is 19.6 Å². The van der Waals surface area contributed by atoms with Crippen molar-refractivity contribution in [2.75, 3.05) is 26.4 Å². The van der Waals surface area contributed by atoms with E-state index in [4.69, 9.17) is 19.9 Å². The average Bonchev–Trinajstić information content (AvgIpc) is 2.18. The average molecular weight is 203 g/mol. The molecule has 2 N–H and O–H groups in total. The van der Waals surface area contributed by atoms with Crippen molar-refractivity contribution in [3.63, 3.8) is 0 Å². The molecule has 1 heterocycles. The van der Waals surface area contributed by atoms with E-state index < -0.39 is 0 Å². The Bertz CT molecular complexity index is 154. The second kappa shape index (κ2) is 6.35. The Kier molecular flexibility index (Phi) is 5.40. The van der Waals surface area contributed by atoms with E-state index in [1.807, 2.05) is 13.8 Å². The minimum Gasteiger partial charge on any atom is -0.379 e. The summed E-state index contributed by atoms with van der Waals surface area (Å²) >= 11 is 0. The first-order chi connectivity index (χ1) is 6.74. The van der Waals surface area contributed by atoms with E-state index in [-0.39, 0.29) is 18.2 Å². The van der Waals surface area contributed by atoms with Gasteiger partial charge in [-0.2, -0.15) is 0 Å². The number of hydrogen-bond donors (Lipinski definition) is 1. The monoisotopic (exact) mass is 203 g/mol. The van der Waals surface area contributed by atoms with Gasteiger partial charge in [0.05, 0.1) is 25.4 Å². The van der Waals surface area contributed by atoms with Crippen molar-refractivity contribution in [2.24, 2.45) is 5.73 Å². The number of nitrogens with two attached hydrogens (primary N) is 1. The lowest BCUT2D eigenvalue weighted by molar-refractivity contribution is -0.106. The van der Waals surface area contributed by atoms with Crippen LogP contribution in [0.15, 0.2) is 0 Å². The van der Waals surface area contributed by atoms with Gasteiger partial charge in [-0.15, -0.1) is 0 Å². The van der Waals surface area contributed by atoms with E-state index in [1.54, 1.807) is 0 Å². The number of rotatable bonds is 5. The van der Waals surface area contributed by atoms with Gasteiger partial charge in [0, 0.05) is 19.3 Å². The molecule has 0 aromatic rings. The van der Waals surface area contributed by atoms with Gasteiger partial charge < -0.3 is 19.9 Å². The molecule has 1 aliphatic heterocycles. The SMILES string of the molecule is CCOCC(C)OC1COCCC1N. The summed E-state index contributed by atoms with van der Waals surface area (Å²) in [7, 11) is 0. The molecule has 1 rings (SSSR count). The van der Waals surface area contributed by atoms with Crippen LogP contribution < -0.4 is 5.73 Å². The minimum atomic E-state index is 0.0270. The van der Waals surface area contributed by atoms with Crippen molar-refractivity contribution in [1.82, 2.24) is 0 Å². The second-order valence-corrected chi connectivity index (χ2v) is 3.67. The van der Waals surface area contributed by atoms with E-state index in [1.165, 1.54) is 0 Å². The van der Waals surface area contributed by atoms with Gasteiger partial charge in [-0.25, -0.2) is 0 Å². The summed E-state index contributed by atoms with van der Waals surface area (Å²) in [6.45, 7) is 6.68.